The Labute approximate surface area is 279 Å². The van der Waals surface area contributed by atoms with Crippen LogP contribution >= 0.6 is 11.3 Å². The number of thiazole rings is 1. The summed E-state index contributed by atoms with van der Waals surface area (Å²) < 4.78 is 33.3. The van der Waals surface area contributed by atoms with Gasteiger partial charge in [-0.05, 0) is 73.0 Å². The first-order chi connectivity index (χ1) is 23.4. The molecule has 0 N–H and O–H groups in total. The van der Waals surface area contributed by atoms with Crippen molar-refractivity contribution in [1.82, 2.24) is 4.57 Å². The number of carbonyl (C=O) groups is 1. The van der Waals surface area contributed by atoms with E-state index in [1.54, 1.807) is 49.4 Å². The van der Waals surface area contributed by atoms with Crippen LogP contribution in [-0.4, -0.2) is 23.8 Å². The molecule has 8 nitrogen and oxygen atoms in total. The van der Waals surface area contributed by atoms with Gasteiger partial charge in [0.05, 0.1) is 46.7 Å². The maximum atomic E-state index is 14.2. The fraction of sp³-hybridized carbons (Fsp3) is 0.158. The number of carbonyl (C=O) groups excluding carboxylic acids is 1. The Morgan fingerprint density at radius 3 is 2.40 bits per heavy atom. The largest absolute Gasteiger partial charge is 0.490 e. The molecule has 10 heteroatoms. The van der Waals surface area contributed by atoms with E-state index < -0.39 is 17.8 Å². The van der Waals surface area contributed by atoms with Crippen LogP contribution in [0.25, 0.3) is 11.8 Å². The van der Waals surface area contributed by atoms with Crippen molar-refractivity contribution in [2.75, 3.05) is 13.2 Å². The number of nitriles is 1. The lowest BCUT2D eigenvalue weighted by atomic mass is 9.93. The van der Waals surface area contributed by atoms with Gasteiger partial charge in [-0.1, -0.05) is 72.0 Å². The van der Waals surface area contributed by atoms with Crippen LogP contribution in [0.15, 0.2) is 112 Å². The molecule has 0 bridgehead atoms. The monoisotopic (exact) mass is 659 g/mol. The molecular formula is C38H30FN3O5S. The number of benzene rings is 4. The first-order valence-corrected chi connectivity index (χ1v) is 16.1. The molecule has 1 aliphatic heterocycles. The third-order valence-electron chi connectivity index (χ3n) is 7.60. The van der Waals surface area contributed by atoms with E-state index in [4.69, 9.17) is 24.5 Å². The average Bonchev–Trinajstić information content (AvgIpc) is 3.42. The second kappa shape index (κ2) is 14.3. The predicted octanol–water partition coefficient (Wildman–Crippen LogP) is 5.92. The van der Waals surface area contributed by atoms with Gasteiger partial charge in [-0.15, -0.1) is 0 Å². The smallest absolute Gasteiger partial charge is 0.338 e. The lowest BCUT2D eigenvalue weighted by Gasteiger charge is -2.25. The zero-order valence-corrected chi connectivity index (χ0v) is 27.0. The summed E-state index contributed by atoms with van der Waals surface area (Å²) >= 11 is 1.19. The molecule has 0 unspecified atom stereocenters. The molecule has 4 aromatic carbocycles. The minimum Gasteiger partial charge on any atom is -0.490 e. The minimum absolute atomic E-state index is 0.125. The average molecular weight is 660 g/mol. The molecule has 48 heavy (non-hydrogen) atoms. The van der Waals surface area contributed by atoms with Crippen LogP contribution in [0.2, 0.25) is 0 Å². The van der Waals surface area contributed by atoms with Gasteiger partial charge < -0.3 is 14.2 Å². The maximum Gasteiger partial charge on any atom is 0.338 e. The van der Waals surface area contributed by atoms with Gasteiger partial charge in [-0.3, -0.25) is 9.36 Å². The SMILES string of the molecule is CCOC(=O)C1=C(c2ccccc2)N=c2s/c(=C\c3ccc(OCc4ccc(C#N)cc4)c(OCC)c3)c(=O)n2[C@@H]1c1ccc(F)cc1. The van der Waals surface area contributed by atoms with Gasteiger partial charge >= 0.3 is 5.97 Å². The normalized spacial score (nSPS) is 14.1. The summed E-state index contributed by atoms with van der Waals surface area (Å²) in [7, 11) is 0. The molecule has 0 saturated heterocycles. The molecule has 6 rings (SSSR count). The molecule has 1 aromatic heterocycles. The highest BCUT2D eigenvalue weighted by molar-refractivity contribution is 7.07. The fourth-order valence-corrected chi connectivity index (χ4v) is 6.39. The van der Waals surface area contributed by atoms with Crippen LogP contribution < -0.4 is 24.4 Å². The quantitative estimate of drug-likeness (QED) is 0.173. The van der Waals surface area contributed by atoms with Crippen molar-refractivity contribution in [2.24, 2.45) is 4.99 Å². The molecule has 5 aromatic rings. The molecular weight excluding hydrogens is 629 g/mol. The molecule has 240 valence electrons. The van der Waals surface area contributed by atoms with E-state index in [9.17, 15) is 14.0 Å². The summed E-state index contributed by atoms with van der Waals surface area (Å²) in [6.45, 7) is 4.38. The Balaban J connectivity index is 1.45. The predicted molar refractivity (Wildman–Crippen MR) is 181 cm³/mol. The number of halogens is 1. The van der Waals surface area contributed by atoms with Crippen molar-refractivity contribution >= 4 is 29.1 Å². The van der Waals surface area contributed by atoms with E-state index in [2.05, 4.69) is 6.07 Å². The molecule has 0 spiro atoms. The van der Waals surface area contributed by atoms with E-state index in [0.29, 0.717) is 55.4 Å². The Morgan fingerprint density at radius 1 is 0.958 bits per heavy atom. The summed E-state index contributed by atoms with van der Waals surface area (Å²) in [5.74, 6) is -0.0114. The van der Waals surface area contributed by atoms with Crippen molar-refractivity contribution in [2.45, 2.75) is 26.5 Å². The molecule has 0 aliphatic carbocycles. The molecule has 0 radical (unpaired) electrons. The minimum atomic E-state index is -0.907. The van der Waals surface area contributed by atoms with Crippen LogP contribution in [0, 0.1) is 17.1 Å². The number of ether oxygens (including phenoxy) is 3. The molecule has 0 fully saturated rings. The fourth-order valence-electron chi connectivity index (χ4n) is 5.39. The highest BCUT2D eigenvalue weighted by Gasteiger charge is 2.35. The van der Waals surface area contributed by atoms with Gasteiger partial charge in [-0.2, -0.15) is 5.26 Å². The van der Waals surface area contributed by atoms with Crippen molar-refractivity contribution in [3.05, 3.63) is 156 Å². The van der Waals surface area contributed by atoms with E-state index >= 15 is 0 Å². The lowest BCUT2D eigenvalue weighted by Crippen LogP contribution is -2.40. The highest BCUT2D eigenvalue weighted by atomic mass is 32.1. The van der Waals surface area contributed by atoms with Crippen molar-refractivity contribution < 1.29 is 23.4 Å². The first-order valence-electron chi connectivity index (χ1n) is 15.3. The summed E-state index contributed by atoms with van der Waals surface area (Å²) in [4.78, 5) is 33.0. The Morgan fingerprint density at radius 2 is 1.71 bits per heavy atom. The highest BCUT2D eigenvalue weighted by Crippen LogP contribution is 2.35. The van der Waals surface area contributed by atoms with Crippen molar-refractivity contribution in [3.8, 4) is 17.6 Å². The maximum absolute atomic E-state index is 14.2. The summed E-state index contributed by atoms with van der Waals surface area (Å²) in [6, 6.07) is 28.7. The van der Waals surface area contributed by atoms with Gasteiger partial charge in [-0.25, -0.2) is 14.2 Å². The van der Waals surface area contributed by atoms with Crippen LogP contribution in [0.5, 0.6) is 11.5 Å². The molecule has 0 saturated carbocycles. The number of nitrogens with zero attached hydrogens (tertiary/aromatic N) is 3. The number of rotatable bonds is 10. The van der Waals surface area contributed by atoms with E-state index in [1.165, 1.54) is 28.0 Å². The van der Waals surface area contributed by atoms with E-state index in [-0.39, 0.29) is 24.3 Å². The van der Waals surface area contributed by atoms with Crippen molar-refractivity contribution in [1.29, 1.82) is 5.26 Å². The summed E-state index contributed by atoms with van der Waals surface area (Å²) in [5.41, 5.74) is 3.60. The zero-order valence-electron chi connectivity index (χ0n) is 26.2. The Bertz CT molecular complexity index is 2220. The van der Waals surface area contributed by atoms with E-state index in [0.717, 1.165) is 5.56 Å². The molecule has 1 aliphatic rings. The molecule has 0 amide bonds. The molecule has 2 heterocycles. The summed E-state index contributed by atoms with van der Waals surface area (Å²) in [6.07, 6.45) is 1.74. The topological polar surface area (TPSA) is 103 Å². The number of hydrogen-bond donors (Lipinski definition) is 0. The second-order valence-electron chi connectivity index (χ2n) is 10.7. The van der Waals surface area contributed by atoms with Gasteiger partial charge in [0, 0.05) is 5.56 Å². The van der Waals surface area contributed by atoms with Crippen LogP contribution in [0.1, 0.15) is 47.7 Å². The van der Waals surface area contributed by atoms with Gasteiger partial charge in [0.25, 0.3) is 5.56 Å². The second-order valence-corrected chi connectivity index (χ2v) is 11.7. The van der Waals surface area contributed by atoms with Gasteiger partial charge in [0.1, 0.15) is 12.4 Å². The zero-order chi connectivity index (χ0) is 33.6. The van der Waals surface area contributed by atoms with E-state index in [1.807, 2.05) is 55.5 Å². The number of aromatic nitrogens is 1. The number of fused-ring (bicyclic) bond motifs is 1. The lowest BCUT2D eigenvalue weighted by molar-refractivity contribution is -0.138. The Hall–Kier alpha value is -5.79. The van der Waals surface area contributed by atoms with Crippen LogP contribution in [0.4, 0.5) is 4.39 Å². The first kappa shape index (κ1) is 32.2. The standard InChI is InChI=1S/C38H30FN3O5S/c1-3-45-31-20-26(14-19-30(31)47-23-25-12-10-24(22-40)11-13-25)21-32-36(43)42-35(28-15-17-29(39)18-16-28)33(37(44)46-4-2)34(41-38(42)48-32)27-8-6-5-7-9-27/h5-21,35H,3-4,23H2,1-2H3/b32-21-/t35-/m1/s1. The Kier molecular flexibility index (Phi) is 9.60. The summed E-state index contributed by atoms with van der Waals surface area (Å²) in [5, 5.41) is 9.06. The third-order valence-corrected chi connectivity index (χ3v) is 8.59. The van der Waals surface area contributed by atoms with Crippen LogP contribution in [-0.2, 0) is 16.1 Å². The van der Waals surface area contributed by atoms with Crippen LogP contribution in [0.3, 0.4) is 0 Å². The number of esters is 1. The third kappa shape index (κ3) is 6.68. The van der Waals surface area contributed by atoms with Crippen molar-refractivity contribution in [3.63, 3.8) is 0 Å². The molecule has 1 atom stereocenters. The van der Waals surface area contributed by atoms with Gasteiger partial charge in [0.15, 0.2) is 16.3 Å². The number of hydrogen-bond acceptors (Lipinski definition) is 8. The van der Waals surface area contributed by atoms with Gasteiger partial charge in [0.2, 0.25) is 0 Å².